The second-order valence-electron chi connectivity index (χ2n) is 15.5. The fourth-order valence-electron chi connectivity index (χ4n) is 9.28. The SMILES string of the molecule is c1ccc(-c2nc(-c3ccc4c(c3)oc3ccc5ccccc5c34)nc(-c3cc(-c4cc5ccccc5c5c4sc4ccccc45)c4ccc5ccccc5c4c3)n2)cc1. The molecule has 0 saturated carbocycles. The van der Waals surface area contributed by atoms with Crippen LogP contribution in [0.1, 0.15) is 0 Å². The lowest BCUT2D eigenvalue weighted by Gasteiger charge is -2.15. The van der Waals surface area contributed by atoms with Crippen LogP contribution in [-0.2, 0) is 0 Å². The van der Waals surface area contributed by atoms with Crippen molar-refractivity contribution in [3.8, 4) is 45.3 Å². The highest BCUT2D eigenvalue weighted by Gasteiger charge is 2.21. The van der Waals surface area contributed by atoms with Gasteiger partial charge in [0.25, 0.3) is 0 Å². The number of furan rings is 1. The van der Waals surface area contributed by atoms with Crippen LogP contribution in [0.2, 0.25) is 0 Å². The van der Waals surface area contributed by atoms with Gasteiger partial charge >= 0.3 is 0 Å². The standard InChI is InChI=1S/C55H31N3OS/c1-2-14-34(15-3-1)53-56-54(36-23-26-42-48(31-36)59-47-27-24-33-13-5-8-18-39(33)50(42)47)58-55(57-53)37-29-44-38-17-7-4-12-32(38)22-25-41(44)45(30-37)46-28-35-16-6-9-19-40(35)51-43-20-10-11-21-49(43)60-52(46)51/h1-31H. The van der Waals surface area contributed by atoms with Crippen LogP contribution in [0.4, 0.5) is 0 Å². The average Bonchev–Trinajstić information content (AvgIpc) is 3.90. The van der Waals surface area contributed by atoms with Gasteiger partial charge in [0.1, 0.15) is 11.2 Å². The van der Waals surface area contributed by atoms with Crippen molar-refractivity contribution in [3.63, 3.8) is 0 Å². The molecule has 5 heteroatoms. The summed E-state index contributed by atoms with van der Waals surface area (Å²) < 4.78 is 9.07. The van der Waals surface area contributed by atoms with E-state index in [1.54, 1.807) is 0 Å². The molecular formula is C55H31N3OS. The minimum Gasteiger partial charge on any atom is -0.456 e. The molecule has 10 aromatic carbocycles. The van der Waals surface area contributed by atoms with Gasteiger partial charge in [-0.1, -0.05) is 146 Å². The minimum absolute atomic E-state index is 0.586. The van der Waals surface area contributed by atoms with Gasteiger partial charge in [-0.3, -0.25) is 0 Å². The number of rotatable bonds is 4. The van der Waals surface area contributed by atoms with Crippen LogP contribution in [-0.4, -0.2) is 15.0 Å². The number of hydrogen-bond donors (Lipinski definition) is 0. The van der Waals surface area contributed by atoms with Crippen LogP contribution >= 0.6 is 11.3 Å². The largest absolute Gasteiger partial charge is 0.456 e. The first-order chi connectivity index (χ1) is 29.7. The van der Waals surface area contributed by atoms with E-state index in [0.717, 1.165) is 49.6 Å². The maximum atomic E-state index is 6.52. The molecule has 0 saturated heterocycles. The van der Waals surface area contributed by atoms with Gasteiger partial charge in [0, 0.05) is 53.2 Å². The van der Waals surface area contributed by atoms with E-state index in [0.29, 0.717) is 17.5 Å². The first kappa shape index (κ1) is 33.3. The van der Waals surface area contributed by atoms with Crippen molar-refractivity contribution in [1.82, 2.24) is 15.0 Å². The second-order valence-corrected chi connectivity index (χ2v) is 16.6. The first-order valence-electron chi connectivity index (χ1n) is 20.2. The van der Waals surface area contributed by atoms with Crippen molar-refractivity contribution in [2.45, 2.75) is 0 Å². The van der Waals surface area contributed by atoms with Gasteiger partial charge < -0.3 is 4.42 Å². The average molecular weight is 782 g/mol. The lowest BCUT2D eigenvalue weighted by atomic mass is 9.90. The van der Waals surface area contributed by atoms with Crippen molar-refractivity contribution in [1.29, 1.82) is 0 Å². The van der Waals surface area contributed by atoms with Crippen molar-refractivity contribution in [2.75, 3.05) is 0 Å². The Kier molecular flexibility index (Phi) is 7.14. The molecule has 0 aliphatic heterocycles. The monoisotopic (exact) mass is 781 g/mol. The number of aromatic nitrogens is 3. The summed E-state index contributed by atoms with van der Waals surface area (Å²) in [7, 11) is 0. The highest BCUT2D eigenvalue weighted by molar-refractivity contribution is 7.26. The quantitative estimate of drug-likeness (QED) is 0.167. The Balaban J connectivity index is 1.09. The summed E-state index contributed by atoms with van der Waals surface area (Å²) >= 11 is 1.86. The minimum atomic E-state index is 0.586. The van der Waals surface area contributed by atoms with Gasteiger partial charge in [0.2, 0.25) is 0 Å². The normalized spacial score (nSPS) is 12.0. The number of benzene rings is 10. The molecule has 0 fully saturated rings. The summed E-state index contributed by atoms with van der Waals surface area (Å²) in [6.07, 6.45) is 0. The number of thiophene rings is 1. The maximum Gasteiger partial charge on any atom is 0.164 e. The Morgan fingerprint density at radius 2 is 0.950 bits per heavy atom. The molecule has 0 radical (unpaired) electrons. The van der Waals surface area contributed by atoms with Gasteiger partial charge in [-0.2, -0.15) is 0 Å². The van der Waals surface area contributed by atoms with Crippen molar-refractivity contribution in [3.05, 3.63) is 188 Å². The van der Waals surface area contributed by atoms with E-state index >= 15 is 0 Å². The predicted molar refractivity (Wildman–Crippen MR) is 252 cm³/mol. The highest BCUT2D eigenvalue weighted by Crippen LogP contribution is 2.47. The molecule has 0 atom stereocenters. The summed E-state index contributed by atoms with van der Waals surface area (Å²) in [5.41, 5.74) is 6.71. The number of fused-ring (bicyclic) bond motifs is 13. The number of nitrogens with zero attached hydrogens (tertiary/aromatic N) is 3. The zero-order chi connectivity index (χ0) is 39.3. The van der Waals surface area contributed by atoms with Crippen LogP contribution < -0.4 is 0 Å². The summed E-state index contributed by atoms with van der Waals surface area (Å²) in [4.78, 5) is 15.7. The van der Waals surface area contributed by atoms with Crippen LogP contribution in [0.25, 0.3) is 130 Å². The second kappa shape index (κ2) is 12.9. The van der Waals surface area contributed by atoms with E-state index in [9.17, 15) is 0 Å². The lowest BCUT2D eigenvalue weighted by Crippen LogP contribution is -2.00. The molecule has 0 aliphatic rings. The molecule has 13 aromatic rings. The molecule has 278 valence electrons. The van der Waals surface area contributed by atoms with E-state index in [1.807, 2.05) is 29.5 Å². The fraction of sp³-hybridized carbons (Fsp3) is 0. The van der Waals surface area contributed by atoms with E-state index in [1.165, 1.54) is 63.4 Å². The van der Waals surface area contributed by atoms with Gasteiger partial charge in [-0.05, 0) is 91.1 Å². The van der Waals surface area contributed by atoms with E-state index in [2.05, 4.69) is 170 Å². The molecule has 0 bridgehead atoms. The van der Waals surface area contributed by atoms with Crippen molar-refractivity contribution < 1.29 is 4.42 Å². The molecule has 3 heterocycles. The van der Waals surface area contributed by atoms with E-state index in [4.69, 9.17) is 19.4 Å². The fourth-order valence-corrected chi connectivity index (χ4v) is 10.5. The van der Waals surface area contributed by atoms with Crippen LogP contribution in [0.15, 0.2) is 192 Å². The first-order valence-corrected chi connectivity index (χ1v) is 21.0. The Bertz CT molecular complexity index is 3900. The molecule has 0 amide bonds. The van der Waals surface area contributed by atoms with Gasteiger partial charge in [0.05, 0.1) is 0 Å². The summed E-state index contributed by atoms with van der Waals surface area (Å²) in [6, 6.07) is 66.8. The highest BCUT2D eigenvalue weighted by atomic mass is 32.1. The topological polar surface area (TPSA) is 51.8 Å². The summed E-state index contributed by atoms with van der Waals surface area (Å²) in [6.45, 7) is 0. The van der Waals surface area contributed by atoms with Gasteiger partial charge in [-0.25, -0.2) is 15.0 Å². The molecule has 60 heavy (non-hydrogen) atoms. The molecule has 0 N–H and O–H groups in total. The van der Waals surface area contributed by atoms with Crippen LogP contribution in [0.5, 0.6) is 0 Å². The van der Waals surface area contributed by atoms with E-state index < -0.39 is 0 Å². The zero-order valence-electron chi connectivity index (χ0n) is 32.1. The zero-order valence-corrected chi connectivity index (χ0v) is 32.9. The molecule has 4 nitrogen and oxygen atoms in total. The van der Waals surface area contributed by atoms with Crippen molar-refractivity contribution >= 4 is 96.5 Å². The summed E-state index contributed by atoms with van der Waals surface area (Å²) in [5.74, 6) is 1.81. The third kappa shape index (κ3) is 5.06. The molecule has 13 rings (SSSR count). The van der Waals surface area contributed by atoms with E-state index in [-0.39, 0.29) is 0 Å². The summed E-state index contributed by atoms with van der Waals surface area (Å²) in [5, 5.41) is 14.3. The van der Waals surface area contributed by atoms with Crippen molar-refractivity contribution in [2.24, 2.45) is 0 Å². The number of hydrogen-bond acceptors (Lipinski definition) is 5. The van der Waals surface area contributed by atoms with Gasteiger partial charge in [0.15, 0.2) is 17.5 Å². The molecule has 0 aliphatic carbocycles. The Labute approximate surface area is 347 Å². The molecular weight excluding hydrogens is 751 g/mol. The third-order valence-electron chi connectivity index (χ3n) is 12.1. The Morgan fingerprint density at radius 3 is 1.77 bits per heavy atom. The molecule has 0 spiro atoms. The lowest BCUT2D eigenvalue weighted by molar-refractivity contribution is 0.669. The van der Waals surface area contributed by atoms with Crippen LogP contribution in [0.3, 0.4) is 0 Å². The maximum absolute atomic E-state index is 6.52. The smallest absolute Gasteiger partial charge is 0.164 e. The molecule has 0 unspecified atom stereocenters. The van der Waals surface area contributed by atoms with Gasteiger partial charge in [-0.15, -0.1) is 11.3 Å². The Morgan fingerprint density at radius 1 is 0.333 bits per heavy atom. The predicted octanol–water partition coefficient (Wildman–Crippen LogP) is 15.4. The molecule has 3 aromatic heterocycles. The van der Waals surface area contributed by atoms with Crippen LogP contribution in [0, 0.1) is 0 Å². The third-order valence-corrected chi connectivity index (χ3v) is 13.3. The Hall–Kier alpha value is -7.73.